The Hall–Kier alpha value is -6.92. The van der Waals surface area contributed by atoms with Gasteiger partial charge >= 0.3 is 0 Å². The van der Waals surface area contributed by atoms with Crippen LogP contribution < -0.4 is 69.2 Å². The highest BCUT2D eigenvalue weighted by molar-refractivity contribution is 6.42. The molecule has 14 unspecified atom stereocenters. The Labute approximate surface area is 753 Å². The second-order valence-electron chi connectivity index (χ2n) is 37.6. The first-order valence-corrected chi connectivity index (χ1v) is 47.4. The lowest BCUT2D eigenvalue weighted by atomic mass is 9.92. The number of hydrogen-bond donors (Lipinski definition) is 3. The third-order valence-corrected chi connectivity index (χ3v) is 30.3. The molecule has 14 saturated heterocycles. The zero-order valence-electron chi connectivity index (χ0n) is 74.3. The van der Waals surface area contributed by atoms with E-state index in [0.29, 0.717) is 38.7 Å². The van der Waals surface area contributed by atoms with Crippen molar-refractivity contribution in [1.29, 1.82) is 0 Å². The van der Waals surface area contributed by atoms with E-state index in [0.717, 1.165) is 196 Å². The van der Waals surface area contributed by atoms with Crippen molar-refractivity contribution in [3.63, 3.8) is 0 Å². The lowest BCUT2D eigenvalue weighted by Crippen LogP contribution is -2.27. The zero-order chi connectivity index (χ0) is 85.8. The second kappa shape index (κ2) is 42.8. The minimum atomic E-state index is -0.198. The van der Waals surface area contributed by atoms with Gasteiger partial charge in [0, 0.05) is 199 Å². The Morgan fingerprint density at radius 3 is 1.05 bits per heavy atom. The van der Waals surface area contributed by atoms with Gasteiger partial charge in [0.1, 0.15) is 34.6 Å². The number of hydrogen-bond acceptors (Lipinski definition) is 18. The largest absolute Gasteiger partial charge is 0.495 e. The van der Waals surface area contributed by atoms with Crippen LogP contribution in [0, 0.1) is 101 Å². The molecule has 0 radical (unpaired) electrons. The number of nitrogens with one attached hydrogen (secondary N) is 3. The van der Waals surface area contributed by atoms with Crippen molar-refractivity contribution in [2.75, 3.05) is 273 Å². The minimum absolute atomic E-state index is 0.194. The van der Waals surface area contributed by atoms with Crippen LogP contribution in [0.5, 0.6) is 23.0 Å². The fourth-order valence-corrected chi connectivity index (χ4v) is 23.6. The molecular weight excluding hydrogens is 1630 g/mol. The molecule has 123 heavy (non-hydrogen) atoms. The van der Waals surface area contributed by atoms with E-state index in [-0.39, 0.29) is 11.6 Å². The van der Waals surface area contributed by atoms with E-state index in [1.165, 1.54) is 171 Å². The van der Waals surface area contributed by atoms with Crippen LogP contribution in [0.2, 0.25) is 20.1 Å². The first-order chi connectivity index (χ1) is 59.7. The van der Waals surface area contributed by atoms with Gasteiger partial charge in [-0.1, -0.05) is 88.9 Å². The highest BCUT2D eigenvalue weighted by Crippen LogP contribution is 2.44. The Balaban J connectivity index is 0.000000111. The molecule has 24 heteroatoms. The van der Waals surface area contributed by atoms with Crippen LogP contribution in [0.4, 0.5) is 48.6 Å². The van der Waals surface area contributed by atoms with Gasteiger partial charge in [-0.15, -0.1) is 0 Å². The molecule has 668 valence electrons. The standard InChI is InChI=1S/C15H20Cl2N2.C15H22N2O.C14H18Cl2N2.C14H19FN2O.C14H20N2O.C14H20N2.C13H17FN2O/c1-18-9-11-4-6-19(7-5-12(11)10-18)13-2-3-14(16)15(17)8-13;1-3-18-15-7-5-4-6-14(15)17-10-12-8-16(2)9-13(12)11-17;15-12-1-2-14(13(16)7-12)18-5-3-10-8-17-9-11(10)4-6-18;1-16-6-10-8-17(9-11(10)7-16)13-5-12(15)3-4-14(13)18-2;1-2-17-14-6-4-3-5-13(14)16-9-11-7-15-8-12(11)10-16;1-11-5-3-4-6-14(11)16-9-12-7-15(2)8-13(12)10-16;1-17-13-3-2-11(14)4-12(13)16-7-9-5-15-6-10(9)8-16/h2-3,8,11-12H,4-7,9-10H2,1H3;4-7,12-13H,3,8-11H2,1-2H3;1-2,7,10-11,17H,3-6,8-9H2;3-5,10-11H,6-9H2,1-2H3;3-6,11-12,15H,2,7-10H2,1H3;3-6,12-13H,7-10H2,1-2H3;2-4,9-10,15H,5-8H2,1H3. The molecule has 0 saturated carbocycles. The summed E-state index contributed by atoms with van der Waals surface area (Å²) < 4.78 is 48.8. The summed E-state index contributed by atoms with van der Waals surface area (Å²) in [5.41, 5.74) is 9.53. The fourth-order valence-electron chi connectivity index (χ4n) is 22.8. The summed E-state index contributed by atoms with van der Waals surface area (Å²) >= 11 is 24.4. The van der Waals surface area contributed by atoms with E-state index >= 15 is 0 Å². The van der Waals surface area contributed by atoms with Crippen molar-refractivity contribution in [3.05, 3.63) is 183 Å². The van der Waals surface area contributed by atoms with E-state index in [4.69, 9.17) is 65.4 Å². The topological polar surface area (TPSA) is 109 Å². The molecule has 14 heterocycles. The number of rotatable bonds is 13. The number of para-hydroxylation sites is 5. The van der Waals surface area contributed by atoms with Gasteiger partial charge in [-0.05, 0) is 267 Å². The van der Waals surface area contributed by atoms with Gasteiger partial charge in [0.25, 0.3) is 0 Å². The number of methoxy groups -OCH3 is 2. The Morgan fingerprint density at radius 1 is 0.309 bits per heavy atom. The fraction of sp³-hybridized carbons (Fsp3) is 0.576. The van der Waals surface area contributed by atoms with Crippen molar-refractivity contribution < 1.29 is 27.7 Å². The molecule has 21 rings (SSSR count). The van der Waals surface area contributed by atoms with Crippen LogP contribution in [-0.4, -0.2) is 258 Å². The quantitative estimate of drug-likeness (QED) is 0.102. The lowest BCUT2D eigenvalue weighted by molar-refractivity contribution is 0.340. The first kappa shape index (κ1) is 90.9. The number of aryl methyl sites for hydroxylation is 1. The molecule has 0 aliphatic carbocycles. The Bertz CT molecular complexity index is 4470. The number of likely N-dealkylation sites (tertiary alicyclic amines) is 4. The van der Waals surface area contributed by atoms with Crippen LogP contribution >= 0.6 is 46.4 Å². The summed E-state index contributed by atoms with van der Waals surface area (Å²) in [6, 6.07) is 46.9. The van der Waals surface area contributed by atoms with Crippen molar-refractivity contribution in [1.82, 2.24) is 35.6 Å². The van der Waals surface area contributed by atoms with Gasteiger partial charge in [-0.3, -0.25) is 0 Å². The molecule has 7 aromatic rings. The predicted molar refractivity (Wildman–Crippen MR) is 507 cm³/mol. The van der Waals surface area contributed by atoms with E-state index in [1.807, 2.05) is 50.2 Å². The molecule has 0 aromatic heterocycles. The zero-order valence-corrected chi connectivity index (χ0v) is 77.3. The molecule has 14 fully saturated rings. The number of nitrogens with zero attached hydrogens (tertiary/aromatic N) is 11. The van der Waals surface area contributed by atoms with E-state index in [9.17, 15) is 8.78 Å². The van der Waals surface area contributed by atoms with Gasteiger partial charge in [0.05, 0.1) is 70.9 Å². The maximum atomic E-state index is 13.4. The van der Waals surface area contributed by atoms with Crippen LogP contribution in [0.15, 0.2) is 146 Å². The molecule has 0 bridgehead atoms. The average molecular weight is 1770 g/mol. The monoisotopic (exact) mass is 1760 g/mol. The average Bonchev–Trinajstić information content (AvgIpc) is 1.70. The number of anilines is 7. The number of fused-ring (bicyclic) bond motifs is 7. The summed E-state index contributed by atoms with van der Waals surface area (Å²) in [6.45, 7) is 40.2. The van der Waals surface area contributed by atoms with Gasteiger partial charge in [0.2, 0.25) is 0 Å². The summed E-state index contributed by atoms with van der Waals surface area (Å²) in [6.07, 6.45) is 5.09. The molecule has 18 nitrogen and oxygen atoms in total. The van der Waals surface area contributed by atoms with E-state index in [1.54, 1.807) is 38.5 Å². The van der Waals surface area contributed by atoms with Crippen LogP contribution in [-0.2, 0) is 0 Å². The highest BCUT2D eigenvalue weighted by atomic mass is 35.5. The summed E-state index contributed by atoms with van der Waals surface area (Å²) in [5, 5.41) is 13.2. The van der Waals surface area contributed by atoms with Gasteiger partial charge in [-0.25, -0.2) is 8.78 Å². The van der Waals surface area contributed by atoms with Crippen LogP contribution in [0.25, 0.3) is 0 Å². The summed E-state index contributed by atoms with van der Waals surface area (Å²) in [7, 11) is 12.2. The lowest BCUT2D eigenvalue weighted by Gasteiger charge is -2.24. The molecule has 0 amide bonds. The molecule has 14 aliphatic heterocycles. The first-order valence-electron chi connectivity index (χ1n) is 45.9. The SMILES string of the molecule is CCOc1ccccc1N1CC2CN(C)CC2C1.CCOc1ccccc1N1CC2CNCC2C1.CN1CC2CCN(c3ccc(Cl)c(Cl)c3)CCC2C1.COc1ccc(F)cc1N1CC2CN(C)CC2C1.COc1ccc(F)cc1N1CC2CNCC2C1.Cc1ccccc1N1CC2CN(C)CC2C1.Clc1ccc(N2CCC3CNCC3CC2)c(Cl)c1. The van der Waals surface area contributed by atoms with Crippen LogP contribution in [0.1, 0.15) is 45.1 Å². The maximum Gasteiger partial charge on any atom is 0.142 e. The normalized spacial score (nSPS) is 27.9. The van der Waals surface area contributed by atoms with Crippen molar-refractivity contribution in [2.45, 2.75) is 46.5 Å². The Kier molecular flexibility index (Phi) is 31.6. The van der Waals surface area contributed by atoms with Crippen molar-refractivity contribution in [3.8, 4) is 23.0 Å². The van der Waals surface area contributed by atoms with Crippen molar-refractivity contribution >= 4 is 86.2 Å². The molecule has 7 aromatic carbocycles. The third kappa shape index (κ3) is 22.8. The number of ether oxygens (including phenoxy) is 4. The second-order valence-corrected chi connectivity index (χ2v) is 39.2. The number of halogens is 6. The predicted octanol–water partition coefficient (Wildman–Crippen LogP) is 16.3. The van der Waals surface area contributed by atoms with Crippen LogP contribution in [0.3, 0.4) is 0 Å². The highest BCUT2D eigenvalue weighted by Gasteiger charge is 2.44. The summed E-state index contributed by atoms with van der Waals surface area (Å²) in [5.74, 6) is 14.6. The van der Waals surface area contributed by atoms with E-state index < -0.39 is 0 Å². The van der Waals surface area contributed by atoms with Gasteiger partial charge < -0.3 is 88.8 Å². The Morgan fingerprint density at radius 2 is 0.659 bits per heavy atom. The molecule has 0 spiro atoms. The smallest absolute Gasteiger partial charge is 0.142 e. The summed E-state index contributed by atoms with van der Waals surface area (Å²) in [4.78, 5) is 26.8. The molecular formula is C99H136Cl4F2N14O4. The van der Waals surface area contributed by atoms with E-state index in [2.05, 4.69) is 178 Å². The molecule has 3 N–H and O–H groups in total. The third-order valence-electron chi connectivity index (χ3n) is 29.1. The van der Waals surface area contributed by atoms with Gasteiger partial charge in [0.15, 0.2) is 0 Å². The number of benzene rings is 7. The van der Waals surface area contributed by atoms with Gasteiger partial charge in [-0.2, -0.15) is 0 Å². The molecule has 14 atom stereocenters. The van der Waals surface area contributed by atoms with Crippen molar-refractivity contribution in [2.24, 2.45) is 82.9 Å². The maximum absolute atomic E-state index is 13.4. The minimum Gasteiger partial charge on any atom is -0.495 e. The molecule has 14 aliphatic rings.